The zero-order valence-electron chi connectivity index (χ0n) is 10.6. The van der Waals surface area contributed by atoms with Crippen LogP contribution in [0.2, 0.25) is 0 Å². The standard InChI is InChI=1S/C15H12FN3O/c16-12-4-2-1-3-10(12)13-7-14(20)19-15(18-13)11(8-17-19)9-5-6-9/h1-4,7-9,17H,5-6H2. The normalized spacial score (nSPS) is 14.8. The van der Waals surface area contributed by atoms with Crippen LogP contribution in [0, 0.1) is 5.82 Å². The van der Waals surface area contributed by atoms with E-state index in [4.69, 9.17) is 0 Å². The number of hydrogen-bond acceptors (Lipinski definition) is 2. The van der Waals surface area contributed by atoms with Gasteiger partial charge in [-0.2, -0.15) is 0 Å². The molecule has 2 heterocycles. The first kappa shape index (κ1) is 11.4. The Hall–Kier alpha value is -2.43. The number of hydrogen-bond donors (Lipinski definition) is 1. The van der Waals surface area contributed by atoms with Gasteiger partial charge in [0.05, 0.1) is 5.69 Å². The summed E-state index contributed by atoms with van der Waals surface area (Å²) in [5.41, 5.74) is 2.17. The van der Waals surface area contributed by atoms with Crippen molar-refractivity contribution in [2.45, 2.75) is 18.8 Å². The van der Waals surface area contributed by atoms with Crippen molar-refractivity contribution in [1.82, 2.24) is 14.6 Å². The first-order valence-electron chi connectivity index (χ1n) is 6.60. The van der Waals surface area contributed by atoms with Crippen LogP contribution in [0.5, 0.6) is 0 Å². The molecule has 0 saturated heterocycles. The van der Waals surface area contributed by atoms with Gasteiger partial charge in [0.15, 0.2) is 5.65 Å². The first-order valence-corrected chi connectivity index (χ1v) is 6.60. The molecule has 100 valence electrons. The Morgan fingerprint density at radius 3 is 2.85 bits per heavy atom. The lowest BCUT2D eigenvalue weighted by atomic mass is 10.1. The molecule has 5 heteroatoms. The quantitative estimate of drug-likeness (QED) is 0.777. The molecule has 4 nitrogen and oxygen atoms in total. The van der Waals surface area contributed by atoms with Crippen molar-refractivity contribution in [1.29, 1.82) is 0 Å². The van der Waals surface area contributed by atoms with Crippen LogP contribution in [0.15, 0.2) is 41.3 Å². The number of rotatable bonds is 2. The highest BCUT2D eigenvalue weighted by Gasteiger charge is 2.27. The third-order valence-electron chi connectivity index (χ3n) is 3.69. The van der Waals surface area contributed by atoms with E-state index >= 15 is 0 Å². The van der Waals surface area contributed by atoms with E-state index in [1.165, 1.54) is 16.6 Å². The highest BCUT2D eigenvalue weighted by atomic mass is 19.1. The van der Waals surface area contributed by atoms with E-state index in [9.17, 15) is 9.18 Å². The van der Waals surface area contributed by atoms with Crippen molar-refractivity contribution in [2.75, 3.05) is 0 Å². The lowest BCUT2D eigenvalue weighted by molar-refractivity contribution is 0.630. The van der Waals surface area contributed by atoms with Gasteiger partial charge >= 0.3 is 0 Å². The summed E-state index contributed by atoms with van der Waals surface area (Å²) in [5.74, 6) is 0.103. The molecule has 1 fully saturated rings. The van der Waals surface area contributed by atoms with Gasteiger partial charge in [0, 0.05) is 23.4 Å². The average molecular weight is 269 g/mol. The number of fused-ring (bicyclic) bond motifs is 1. The Morgan fingerprint density at radius 1 is 1.30 bits per heavy atom. The van der Waals surface area contributed by atoms with Gasteiger partial charge in [-0.1, -0.05) is 12.1 Å². The van der Waals surface area contributed by atoms with Crippen LogP contribution < -0.4 is 5.56 Å². The van der Waals surface area contributed by atoms with Crippen LogP contribution in [0.3, 0.4) is 0 Å². The molecule has 1 aliphatic rings. The number of H-pyrrole nitrogens is 1. The molecule has 1 saturated carbocycles. The molecule has 0 spiro atoms. The fraction of sp³-hybridized carbons (Fsp3) is 0.200. The minimum atomic E-state index is -0.368. The Morgan fingerprint density at radius 2 is 2.10 bits per heavy atom. The summed E-state index contributed by atoms with van der Waals surface area (Å²) in [7, 11) is 0. The lowest BCUT2D eigenvalue weighted by Crippen LogP contribution is -2.14. The van der Waals surface area contributed by atoms with E-state index in [1.54, 1.807) is 18.2 Å². The molecule has 0 unspecified atom stereocenters. The maximum Gasteiger partial charge on any atom is 0.273 e. The van der Waals surface area contributed by atoms with Crippen molar-refractivity contribution in [3.8, 4) is 11.3 Å². The second-order valence-corrected chi connectivity index (χ2v) is 5.12. The van der Waals surface area contributed by atoms with Gasteiger partial charge in [0.25, 0.3) is 5.56 Å². The smallest absolute Gasteiger partial charge is 0.273 e. The van der Waals surface area contributed by atoms with Crippen molar-refractivity contribution in [3.05, 3.63) is 58.3 Å². The van der Waals surface area contributed by atoms with Gasteiger partial charge in [-0.25, -0.2) is 13.9 Å². The Balaban J connectivity index is 1.99. The average Bonchev–Trinajstić information content (AvgIpc) is 3.19. The minimum absolute atomic E-state index is 0.222. The van der Waals surface area contributed by atoms with Gasteiger partial charge in [0.2, 0.25) is 0 Å². The molecule has 0 radical (unpaired) electrons. The molecule has 1 aromatic carbocycles. The van der Waals surface area contributed by atoms with Crippen LogP contribution in [-0.2, 0) is 0 Å². The Labute approximate surface area is 113 Å². The fourth-order valence-electron chi connectivity index (χ4n) is 2.50. The van der Waals surface area contributed by atoms with E-state index in [-0.39, 0.29) is 11.4 Å². The zero-order valence-corrected chi connectivity index (χ0v) is 10.6. The molecule has 2 aromatic heterocycles. The summed E-state index contributed by atoms with van der Waals surface area (Å²) in [6, 6.07) is 7.73. The van der Waals surface area contributed by atoms with Gasteiger partial charge < -0.3 is 0 Å². The van der Waals surface area contributed by atoms with Crippen molar-refractivity contribution in [3.63, 3.8) is 0 Å². The van der Waals surface area contributed by atoms with Gasteiger partial charge in [0.1, 0.15) is 5.82 Å². The third-order valence-corrected chi connectivity index (χ3v) is 3.69. The third kappa shape index (κ3) is 1.66. The van der Waals surface area contributed by atoms with Crippen LogP contribution >= 0.6 is 0 Å². The molecular formula is C15H12FN3O. The highest BCUT2D eigenvalue weighted by Crippen LogP contribution is 2.41. The monoisotopic (exact) mass is 269 g/mol. The summed E-state index contributed by atoms with van der Waals surface area (Å²) < 4.78 is 15.3. The number of aromatic nitrogens is 3. The van der Waals surface area contributed by atoms with Gasteiger partial charge in [-0.15, -0.1) is 0 Å². The van der Waals surface area contributed by atoms with Crippen molar-refractivity contribution >= 4 is 5.65 Å². The number of nitrogens with zero attached hydrogens (tertiary/aromatic N) is 2. The molecule has 3 aromatic rings. The molecule has 0 atom stereocenters. The molecule has 1 N–H and O–H groups in total. The van der Waals surface area contributed by atoms with Crippen molar-refractivity contribution < 1.29 is 4.39 Å². The zero-order chi connectivity index (χ0) is 13.7. The molecule has 0 amide bonds. The summed E-state index contributed by atoms with van der Waals surface area (Å²) >= 11 is 0. The highest BCUT2D eigenvalue weighted by molar-refractivity contribution is 5.63. The van der Waals surface area contributed by atoms with E-state index in [0.717, 1.165) is 18.4 Å². The topological polar surface area (TPSA) is 50.2 Å². The van der Waals surface area contributed by atoms with Gasteiger partial charge in [-0.05, 0) is 30.9 Å². The van der Waals surface area contributed by atoms with Crippen LogP contribution in [-0.4, -0.2) is 14.6 Å². The summed E-state index contributed by atoms with van der Waals surface area (Å²) in [6.45, 7) is 0. The summed E-state index contributed by atoms with van der Waals surface area (Å²) in [6.07, 6.45) is 4.06. The number of nitrogens with one attached hydrogen (secondary N) is 1. The van der Waals surface area contributed by atoms with E-state index in [2.05, 4.69) is 10.1 Å². The summed E-state index contributed by atoms with van der Waals surface area (Å²) in [5, 5.41) is 2.92. The van der Waals surface area contributed by atoms with Crippen molar-refractivity contribution in [2.24, 2.45) is 0 Å². The predicted molar refractivity (Wildman–Crippen MR) is 73.2 cm³/mol. The molecule has 20 heavy (non-hydrogen) atoms. The molecule has 0 aliphatic heterocycles. The Kier molecular flexibility index (Phi) is 2.30. The molecule has 4 rings (SSSR count). The lowest BCUT2D eigenvalue weighted by Gasteiger charge is -2.03. The summed E-state index contributed by atoms with van der Waals surface area (Å²) in [4.78, 5) is 16.6. The molecular weight excluding hydrogens is 257 g/mol. The number of halogens is 1. The van der Waals surface area contributed by atoms with E-state index in [0.29, 0.717) is 22.8 Å². The molecule has 1 aliphatic carbocycles. The van der Waals surface area contributed by atoms with Crippen LogP contribution in [0.1, 0.15) is 24.3 Å². The Bertz CT molecular complexity index is 861. The number of aromatic amines is 1. The largest absolute Gasteiger partial charge is 0.297 e. The maximum absolute atomic E-state index is 13.8. The number of benzene rings is 1. The predicted octanol–water partition coefficient (Wildman–Crippen LogP) is 2.71. The first-order chi connectivity index (χ1) is 9.74. The van der Waals surface area contributed by atoms with Crippen LogP contribution in [0.4, 0.5) is 4.39 Å². The fourth-order valence-corrected chi connectivity index (χ4v) is 2.50. The van der Waals surface area contributed by atoms with Gasteiger partial charge in [-0.3, -0.25) is 9.89 Å². The SMILES string of the molecule is O=c1cc(-c2ccccc2F)nc2c(C3CC3)c[nH]n12. The second kappa shape index (κ2) is 4.03. The van der Waals surface area contributed by atoms with E-state index in [1.807, 2.05) is 6.20 Å². The van der Waals surface area contributed by atoms with E-state index < -0.39 is 0 Å². The van der Waals surface area contributed by atoms with Crippen LogP contribution in [0.25, 0.3) is 16.9 Å². The maximum atomic E-state index is 13.8. The second-order valence-electron chi connectivity index (χ2n) is 5.12. The molecule has 0 bridgehead atoms. The minimum Gasteiger partial charge on any atom is -0.297 e.